The molecule has 2 nitrogen and oxygen atoms in total. The number of nitrogens with zero attached hydrogens (tertiary/aromatic N) is 1. The molecule has 0 aliphatic heterocycles. The molecule has 0 saturated heterocycles. The van der Waals surface area contributed by atoms with Crippen LogP contribution in [0.25, 0.3) is 10.9 Å². The van der Waals surface area contributed by atoms with Gasteiger partial charge in [-0.1, -0.05) is 25.4 Å². The second-order valence-corrected chi connectivity index (χ2v) is 4.99. The van der Waals surface area contributed by atoms with Gasteiger partial charge in [0.25, 0.3) is 0 Å². The first-order valence-corrected chi connectivity index (χ1v) is 5.89. The monoisotopic (exact) mass is 252 g/mol. The van der Waals surface area contributed by atoms with Crippen molar-refractivity contribution in [2.45, 2.75) is 20.3 Å². The normalized spacial score (nSPS) is 11.4. The molecule has 0 bridgehead atoms. The van der Waals surface area contributed by atoms with Crippen LogP contribution in [0.15, 0.2) is 18.2 Å². The molecule has 2 rings (SSSR count). The Morgan fingerprint density at radius 1 is 1.35 bits per heavy atom. The Balaban J connectivity index is 2.64. The van der Waals surface area contributed by atoms with Crippen molar-refractivity contribution < 1.29 is 4.39 Å². The van der Waals surface area contributed by atoms with Gasteiger partial charge in [0, 0.05) is 16.8 Å². The number of pyridine rings is 1. The average molecular weight is 253 g/mol. The van der Waals surface area contributed by atoms with Crippen LogP contribution in [0, 0.1) is 11.7 Å². The summed E-state index contributed by atoms with van der Waals surface area (Å²) in [5.74, 6) is 0.0891. The van der Waals surface area contributed by atoms with Crippen molar-refractivity contribution in [3.8, 4) is 0 Å². The van der Waals surface area contributed by atoms with E-state index in [1.807, 2.05) is 0 Å². The van der Waals surface area contributed by atoms with Crippen molar-refractivity contribution in [2.24, 2.45) is 5.92 Å². The number of nitrogen functional groups attached to an aromatic ring is 1. The van der Waals surface area contributed by atoms with Crippen molar-refractivity contribution in [3.63, 3.8) is 0 Å². The molecular formula is C13H14ClFN2. The van der Waals surface area contributed by atoms with Crippen LogP contribution < -0.4 is 5.73 Å². The first kappa shape index (κ1) is 12.1. The maximum Gasteiger partial charge on any atom is 0.125 e. The summed E-state index contributed by atoms with van der Waals surface area (Å²) in [5, 5.41) is 0.875. The number of aromatic nitrogens is 1. The zero-order valence-electron chi connectivity index (χ0n) is 9.80. The van der Waals surface area contributed by atoms with Gasteiger partial charge in [0.05, 0.1) is 10.5 Å². The lowest BCUT2D eigenvalue weighted by molar-refractivity contribution is 0.628. The molecule has 0 saturated carbocycles. The Hall–Kier alpha value is -1.35. The lowest BCUT2D eigenvalue weighted by Gasteiger charge is -2.09. The van der Waals surface area contributed by atoms with E-state index in [9.17, 15) is 4.39 Å². The highest BCUT2D eigenvalue weighted by Gasteiger charge is 2.09. The van der Waals surface area contributed by atoms with E-state index < -0.39 is 5.82 Å². The average Bonchev–Trinajstić information content (AvgIpc) is 2.19. The highest BCUT2D eigenvalue weighted by Crippen LogP contribution is 2.28. The number of hydrogen-bond acceptors (Lipinski definition) is 2. The van der Waals surface area contributed by atoms with Gasteiger partial charge in [-0.05, 0) is 30.5 Å². The molecule has 17 heavy (non-hydrogen) atoms. The van der Waals surface area contributed by atoms with E-state index in [-0.39, 0.29) is 0 Å². The molecule has 0 aliphatic carbocycles. The highest BCUT2D eigenvalue weighted by molar-refractivity contribution is 6.35. The lowest BCUT2D eigenvalue weighted by atomic mass is 10.1. The highest BCUT2D eigenvalue weighted by atomic mass is 35.5. The smallest absolute Gasteiger partial charge is 0.125 e. The van der Waals surface area contributed by atoms with Crippen molar-refractivity contribution in [1.29, 1.82) is 0 Å². The molecule has 0 amide bonds. The second-order valence-electron chi connectivity index (χ2n) is 4.58. The summed E-state index contributed by atoms with van der Waals surface area (Å²) in [6, 6.07) is 4.41. The van der Waals surface area contributed by atoms with Crippen LogP contribution in [0.3, 0.4) is 0 Å². The molecule has 1 heterocycles. The fourth-order valence-corrected chi connectivity index (χ4v) is 2.10. The minimum atomic E-state index is -0.396. The van der Waals surface area contributed by atoms with E-state index >= 15 is 0 Å². The van der Waals surface area contributed by atoms with Gasteiger partial charge < -0.3 is 5.73 Å². The number of benzene rings is 1. The molecule has 0 atom stereocenters. The Bertz CT molecular complexity index is 567. The van der Waals surface area contributed by atoms with Crippen LogP contribution in [0.2, 0.25) is 5.02 Å². The van der Waals surface area contributed by atoms with Crippen LogP contribution >= 0.6 is 11.6 Å². The first-order valence-electron chi connectivity index (χ1n) is 5.51. The summed E-state index contributed by atoms with van der Waals surface area (Å²) >= 11 is 5.98. The molecular weight excluding hydrogens is 239 g/mol. The van der Waals surface area contributed by atoms with Gasteiger partial charge in [-0.2, -0.15) is 0 Å². The fourth-order valence-electron chi connectivity index (χ4n) is 1.86. The standard InChI is InChI=1S/C13H14ClFN2/c1-7(2)3-9-6-12(16)10-4-8(15)5-11(14)13(10)17-9/h4-7H,3H2,1-2H3,(H2,16,17). The van der Waals surface area contributed by atoms with Gasteiger partial charge >= 0.3 is 0 Å². The van der Waals surface area contributed by atoms with Crippen molar-refractivity contribution in [2.75, 3.05) is 5.73 Å². The summed E-state index contributed by atoms with van der Waals surface area (Å²) < 4.78 is 13.2. The quantitative estimate of drug-likeness (QED) is 0.883. The van der Waals surface area contributed by atoms with Crippen molar-refractivity contribution in [3.05, 3.63) is 34.7 Å². The molecule has 0 unspecified atom stereocenters. The molecule has 2 N–H and O–H groups in total. The third-order valence-corrected chi connectivity index (χ3v) is 2.82. The van der Waals surface area contributed by atoms with Crippen molar-refractivity contribution >= 4 is 28.2 Å². The molecule has 0 fully saturated rings. The van der Waals surface area contributed by atoms with E-state index in [1.54, 1.807) is 6.07 Å². The summed E-state index contributed by atoms with van der Waals surface area (Å²) in [5.41, 5.74) is 7.89. The minimum absolute atomic E-state index is 0.303. The SMILES string of the molecule is CC(C)Cc1cc(N)c2cc(F)cc(Cl)c2n1. The molecule has 0 spiro atoms. The summed E-state index contributed by atoms with van der Waals surface area (Å²) in [6.07, 6.45) is 0.827. The predicted molar refractivity (Wildman–Crippen MR) is 69.7 cm³/mol. The molecule has 0 aliphatic rings. The van der Waals surface area contributed by atoms with Gasteiger partial charge in [0.1, 0.15) is 5.82 Å². The summed E-state index contributed by atoms with van der Waals surface area (Å²) in [7, 11) is 0. The Kier molecular flexibility index (Phi) is 3.20. The van der Waals surface area contributed by atoms with Gasteiger partial charge in [0.15, 0.2) is 0 Å². The zero-order chi connectivity index (χ0) is 12.6. The molecule has 2 aromatic rings. The summed E-state index contributed by atoms with van der Waals surface area (Å²) in [4.78, 5) is 4.44. The van der Waals surface area contributed by atoms with Gasteiger partial charge in [0.2, 0.25) is 0 Å². The number of fused-ring (bicyclic) bond motifs is 1. The Labute approximate surface area is 105 Å². The number of halogens is 2. The Morgan fingerprint density at radius 2 is 2.06 bits per heavy atom. The molecule has 90 valence electrons. The summed E-state index contributed by atoms with van der Waals surface area (Å²) in [6.45, 7) is 4.21. The third-order valence-electron chi connectivity index (χ3n) is 2.53. The fraction of sp³-hybridized carbons (Fsp3) is 0.308. The van der Waals surface area contributed by atoms with Crippen LogP contribution in [0.1, 0.15) is 19.5 Å². The van der Waals surface area contributed by atoms with Crippen LogP contribution in [0.4, 0.5) is 10.1 Å². The van der Waals surface area contributed by atoms with Crippen LogP contribution in [-0.2, 0) is 6.42 Å². The number of nitrogens with two attached hydrogens (primary N) is 1. The van der Waals surface area contributed by atoms with Crippen LogP contribution in [-0.4, -0.2) is 4.98 Å². The van der Waals surface area contributed by atoms with E-state index in [0.717, 1.165) is 12.1 Å². The van der Waals surface area contributed by atoms with E-state index in [1.165, 1.54) is 12.1 Å². The lowest BCUT2D eigenvalue weighted by Crippen LogP contribution is -2.00. The first-order chi connectivity index (χ1) is 7.97. The molecule has 1 aromatic heterocycles. The van der Waals surface area contributed by atoms with Crippen LogP contribution in [0.5, 0.6) is 0 Å². The Morgan fingerprint density at radius 3 is 2.71 bits per heavy atom. The minimum Gasteiger partial charge on any atom is -0.398 e. The van der Waals surface area contributed by atoms with E-state index in [2.05, 4.69) is 18.8 Å². The maximum absolute atomic E-state index is 13.2. The molecule has 0 radical (unpaired) electrons. The zero-order valence-corrected chi connectivity index (χ0v) is 10.6. The molecule has 4 heteroatoms. The van der Waals surface area contributed by atoms with Gasteiger partial charge in [-0.3, -0.25) is 4.98 Å². The van der Waals surface area contributed by atoms with E-state index in [0.29, 0.717) is 27.5 Å². The molecule has 1 aromatic carbocycles. The van der Waals surface area contributed by atoms with Gasteiger partial charge in [-0.15, -0.1) is 0 Å². The topological polar surface area (TPSA) is 38.9 Å². The number of rotatable bonds is 2. The predicted octanol–water partition coefficient (Wildman–Crippen LogP) is 3.81. The number of anilines is 1. The third kappa shape index (κ3) is 2.50. The number of hydrogen-bond donors (Lipinski definition) is 1. The maximum atomic E-state index is 13.2. The second kappa shape index (κ2) is 4.49. The van der Waals surface area contributed by atoms with E-state index in [4.69, 9.17) is 17.3 Å². The van der Waals surface area contributed by atoms with Gasteiger partial charge in [-0.25, -0.2) is 4.39 Å². The largest absolute Gasteiger partial charge is 0.398 e. The van der Waals surface area contributed by atoms with Crippen molar-refractivity contribution in [1.82, 2.24) is 4.98 Å².